The van der Waals surface area contributed by atoms with E-state index in [1.807, 2.05) is 36.4 Å². The van der Waals surface area contributed by atoms with Crippen molar-refractivity contribution in [2.24, 2.45) is 5.92 Å². The maximum absolute atomic E-state index is 13.3. The first-order valence-corrected chi connectivity index (χ1v) is 11.5. The number of nitrogens with one attached hydrogen (secondary N) is 1. The average molecular weight is 483 g/mol. The molecule has 2 atom stereocenters. The van der Waals surface area contributed by atoms with Crippen LogP contribution in [0.2, 0.25) is 10.0 Å². The van der Waals surface area contributed by atoms with Gasteiger partial charge in [-0.15, -0.1) is 0 Å². The molecular weight excluding hydrogens is 459 g/mol. The fraction of sp³-hybridized carbons (Fsp3) is 0.231. The number of carbonyl (C=O) groups excluding carboxylic acids is 2. The summed E-state index contributed by atoms with van der Waals surface area (Å²) in [7, 11) is 0. The summed E-state index contributed by atoms with van der Waals surface area (Å²) in [5.74, 6) is -0.491. The number of ether oxygens (including phenoxy) is 1. The standard InChI is InChI=1S/C26H24Cl2N2O3/c27-20-11-12-23(28)22(15-20)25(19-13-14-33-17-19)29-24(31)16-30(21-9-5-2-6-10-21)26(32)18-7-3-1-4-8-18/h1-12,15,19,25H,13-14,16-17H2,(H,29,31). The summed E-state index contributed by atoms with van der Waals surface area (Å²) in [4.78, 5) is 28.0. The van der Waals surface area contributed by atoms with Gasteiger partial charge in [0, 0.05) is 33.8 Å². The summed E-state index contributed by atoms with van der Waals surface area (Å²) in [6, 6.07) is 22.9. The van der Waals surface area contributed by atoms with Crippen molar-refractivity contribution in [2.45, 2.75) is 12.5 Å². The van der Waals surface area contributed by atoms with Gasteiger partial charge in [0.2, 0.25) is 5.91 Å². The molecule has 5 nitrogen and oxygen atoms in total. The topological polar surface area (TPSA) is 58.6 Å². The minimum absolute atomic E-state index is 0.0555. The summed E-state index contributed by atoms with van der Waals surface area (Å²) >= 11 is 12.7. The SMILES string of the molecule is O=C(CN(C(=O)c1ccccc1)c1ccccc1)NC(c1cc(Cl)ccc1Cl)C1CCOC1. The van der Waals surface area contributed by atoms with Crippen molar-refractivity contribution in [1.82, 2.24) is 5.32 Å². The first kappa shape index (κ1) is 23.3. The Kier molecular flexibility index (Phi) is 7.65. The molecule has 3 aromatic rings. The van der Waals surface area contributed by atoms with E-state index in [2.05, 4.69) is 5.32 Å². The van der Waals surface area contributed by atoms with E-state index in [0.29, 0.717) is 34.5 Å². The van der Waals surface area contributed by atoms with Crippen LogP contribution in [0.1, 0.15) is 28.4 Å². The summed E-state index contributed by atoms with van der Waals surface area (Å²) in [5.41, 5.74) is 1.89. The van der Waals surface area contributed by atoms with Gasteiger partial charge in [-0.2, -0.15) is 0 Å². The number of para-hydroxylation sites is 1. The van der Waals surface area contributed by atoms with Crippen LogP contribution < -0.4 is 10.2 Å². The van der Waals surface area contributed by atoms with Gasteiger partial charge in [0.1, 0.15) is 6.54 Å². The van der Waals surface area contributed by atoms with Crippen molar-refractivity contribution in [2.75, 3.05) is 24.7 Å². The van der Waals surface area contributed by atoms with E-state index in [0.717, 1.165) is 12.0 Å². The summed E-state index contributed by atoms with van der Waals surface area (Å²) in [6.07, 6.45) is 0.791. The molecule has 1 aliphatic rings. The lowest BCUT2D eigenvalue weighted by molar-refractivity contribution is -0.120. The third-order valence-electron chi connectivity index (χ3n) is 5.68. The molecule has 1 N–H and O–H groups in total. The second-order valence-electron chi connectivity index (χ2n) is 7.93. The van der Waals surface area contributed by atoms with Gasteiger partial charge in [-0.3, -0.25) is 14.5 Å². The number of hydrogen-bond acceptors (Lipinski definition) is 3. The Morgan fingerprint density at radius 2 is 1.70 bits per heavy atom. The van der Waals surface area contributed by atoms with Crippen LogP contribution in [0.15, 0.2) is 78.9 Å². The fourth-order valence-corrected chi connectivity index (χ4v) is 4.42. The Morgan fingerprint density at radius 3 is 2.36 bits per heavy atom. The number of carbonyl (C=O) groups is 2. The lowest BCUT2D eigenvalue weighted by atomic mass is 9.92. The molecule has 0 spiro atoms. The van der Waals surface area contributed by atoms with Gasteiger partial charge in [0.05, 0.1) is 12.6 Å². The van der Waals surface area contributed by atoms with Crippen molar-refractivity contribution >= 4 is 40.7 Å². The molecule has 170 valence electrons. The van der Waals surface area contributed by atoms with Crippen LogP contribution in [0.5, 0.6) is 0 Å². The number of hydrogen-bond donors (Lipinski definition) is 1. The molecule has 0 saturated carbocycles. The van der Waals surface area contributed by atoms with E-state index in [9.17, 15) is 9.59 Å². The lowest BCUT2D eigenvalue weighted by Gasteiger charge is -2.28. The van der Waals surface area contributed by atoms with E-state index in [4.69, 9.17) is 27.9 Å². The molecule has 1 aliphatic heterocycles. The van der Waals surface area contributed by atoms with E-state index in [1.54, 1.807) is 42.5 Å². The second-order valence-corrected chi connectivity index (χ2v) is 8.77. The molecule has 1 heterocycles. The molecule has 2 amide bonds. The summed E-state index contributed by atoms with van der Waals surface area (Å²) < 4.78 is 5.57. The molecular formula is C26H24Cl2N2O3. The fourth-order valence-electron chi connectivity index (χ4n) is 4.01. The van der Waals surface area contributed by atoms with Crippen molar-refractivity contribution in [1.29, 1.82) is 0 Å². The molecule has 3 aromatic carbocycles. The number of nitrogens with zero attached hydrogens (tertiary/aromatic N) is 1. The molecule has 0 radical (unpaired) electrons. The smallest absolute Gasteiger partial charge is 0.258 e. The van der Waals surface area contributed by atoms with Crippen LogP contribution in [-0.4, -0.2) is 31.6 Å². The first-order chi connectivity index (χ1) is 16.0. The maximum atomic E-state index is 13.3. The molecule has 1 saturated heterocycles. The normalized spacial score (nSPS) is 16.2. The van der Waals surface area contributed by atoms with Gasteiger partial charge < -0.3 is 10.1 Å². The largest absolute Gasteiger partial charge is 0.381 e. The third-order valence-corrected chi connectivity index (χ3v) is 6.26. The Morgan fingerprint density at radius 1 is 1.00 bits per heavy atom. The highest BCUT2D eigenvalue weighted by Gasteiger charge is 2.31. The van der Waals surface area contributed by atoms with Gasteiger partial charge in [-0.25, -0.2) is 0 Å². The minimum Gasteiger partial charge on any atom is -0.381 e. The van der Waals surface area contributed by atoms with Gasteiger partial charge >= 0.3 is 0 Å². The highest BCUT2D eigenvalue weighted by atomic mass is 35.5. The van der Waals surface area contributed by atoms with Crippen LogP contribution >= 0.6 is 23.2 Å². The number of rotatable bonds is 7. The second kappa shape index (κ2) is 10.8. The highest BCUT2D eigenvalue weighted by molar-refractivity contribution is 6.33. The molecule has 4 rings (SSSR count). The number of amides is 2. The van der Waals surface area contributed by atoms with Crippen LogP contribution in [0.3, 0.4) is 0 Å². The van der Waals surface area contributed by atoms with Crippen molar-refractivity contribution in [3.05, 3.63) is 100 Å². The Labute approximate surface area is 203 Å². The molecule has 2 unspecified atom stereocenters. The predicted molar refractivity (Wildman–Crippen MR) is 131 cm³/mol. The zero-order chi connectivity index (χ0) is 23.2. The van der Waals surface area contributed by atoms with Gasteiger partial charge in [-0.05, 0) is 54.4 Å². The lowest BCUT2D eigenvalue weighted by Crippen LogP contribution is -2.43. The molecule has 0 aromatic heterocycles. The average Bonchev–Trinajstić information content (AvgIpc) is 3.38. The number of halogens is 2. The number of benzene rings is 3. The van der Waals surface area contributed by atoms with Crippen molar-refractivity contribution in [3.8, 4) is 0 Å². The first-order valence-electron chi connectivity index (χ1n) is 10.8. The monoisotopic (exact) mass is 482 g/mol. The van der Waals surface area contributed by atoms with Crippen LogP contribution in [-0.2, 0) is 9.53 Å². The Hall–Kier alpha value is -2.86. The molecule has 33 heavy (non-hydrogen) atoms. The van der Waals surface area contributed by atoms with Crippen LogP contribution in [0.4, 0.5) is 5.69 Å². The summed E-state index contributed by atoms with van der Waals surface area (Å²) in [6.45, 7) is 0.997. The number of anilines is 1. The van der Waals surface area contributed by atoms with Crippen LogP contribution in [0.25, 0.3) is 0 Å². The van der Waals surface area contributed by atoms with Gasteiger partial charge in [0.25, 0.3) is 5.91 Å². The van der Waals surface area contributed by atoms with E-state index < -0.39 is 0 Å². The molecule has 0 bridgehead atoms. The Balaban J connectivity index is 1.60. The quantitative estimate of drug-likeness (QED) is 0.481. The van der Waals surface area contributed by atoms with Gasteiger partial charge in [-0.1, -0.05) is 59.6 Å². The third kappa shape index (κ3) is 5.74. The van der Waals surface area contributed by atoms with Crippen molar-refractivity contribution in [3.63, 3.8) is 0 Å². The molecule has 1 fully saturated rings. The zero-order valence-electron chi connectivity index (χ0n) is 17.9. The van der Waals surface area contributed by atoms with E-state index in [1.165, 1.54) is 4.90 Å². The maximum Gasteiger partial charge on any atom is 0.258 e. The summed E-state index contributed by atoms with van der Waals surface area (Å²) in [5, 5.41) is 4.16. The minimum atomic E-state index is -0.379. The van der Waals surface area contributed by atoms with Crippen molar-refractivity contribution < 1.29 is 14.3 Å². The molecule has 7 heteroatoms. The van der Waals surface area contributed by atoms with E-state index >= 15 is 0 Å². The molecule has 0 aliphatic carbocycles. The Bertz CT molecular complexity index is 1100. The van der Waals surface area contributed by atoms with E-state index in [-0.39, 0.29) is 30.3 Å². The van der Waals surface area contributed by atoms with Crippen LogP contribution in [0, 0.1) is 5.92 Å². The zero-order valence-corrected chi connectivity index (χ0v) is 19.4. The van der Waals surface area contributed by atoms with Gasteiger partial charge in [0.15, 0.2) is 0 Å². The highest BCUT2D eigenvalue weighted by Crippen LogP contribution is 2.34. The predicted octanol–water partition coefficient (Wildman–Crippen LogP) is 5.53.